The average Bonchev–Trinajstić information content (AvgIpc) is 2.93. The third-order valence-electron chi connectivity index (χ3n) is 4.49. The summed E-state index contributed by atoms with van der Waals surface area (Å²) in [6, 6.07) is 6.62. The van der Waals surface area contributed by atoms with E-state index in [0.29, 0.717) is 11.1 Å². The highest BCUT2D eigenvalue weighted by atomic mass is 19.1. The van der Waals surface area contributed by atoms with Crippen molar-refractivity contribution in [3.8, 4) is 0 Å². The second-order valence-corrected chi connectivity index (χ2v) is 5.66. The van der Waals surface area contributed by atoms with Crippen LogP contribution in [0.15, 0.2) is 28.7 Å². The zero-order valence-corrected chi connectivity index (χ0v) is 11.1. The van der Waals surface area contributed by atoms with Crippen LogP contribution in [0, 0.1) is 5.82 Å². The molecule has 5 rings (SSSR count). The molecular weight excluding hydrogens is 259 g/mol. The Balaban J connectivity index is 1.66. The van der Waals surface area contributed by atoms with Crippen molar-refractivity contribution < 1.29 is 13.9 Å². The number of hydrogen-bond acceptors (Lipinski definition) is 4. The Hall–Kier alpha value is -1.43. The molecule has 0 saturated carbocycles. The van der Waals surface area contributed by atoms with Crippen LogP contribution in [0.5, 0.6) is 0 Å². The van der Waals surface area contributed by atoms with Gasteiger partial charge in [0.1, 0.15) is 11.9 Å². The van der Waals surface area contributed by atoms with Crippen molar-refractivity contribution in [1.82, 2.24) is 9.80 Å². The Morgan fingerprint density at radius 3 is 2.70 bits per heavy atom. The highest BCUT2D eigenvalue weighted by Crippen LogP contribution is 2.31. The van der Waals surface area contributed by atoms with E-state index in [1.54, 1.807) is 18.2 Å². The van der Waals surface area contributed by atoms with Crippen LogP contribution in [0.3, 0.4) is 0 Å². The number of rotatable bonds is 2. The van der Waals surface area contributed by atoms with Crippen LogP contribution < -0.4 is 0 Å². The molecule has 1 N–H and O–H groups in total. The lowest BCUT2D eigenvalue weighted by atomic mass is 10.0. The molecule has 3 aliphatic heterocycles. The van der Waals surface area contributed by atoms with Gasteiger partial charge in [-0.1, -0.05) is 12.1 Å². The van der Waals surface area contributed by atoms with E-state index in [-0.39, 0.29) is 17.4 Å². The first-order valence-electron chi connectivity index (χ1n) is 7.05. The van der Waals surface area contributed by atoms with Gasteiger partial charge in [-0.25, -0.2) is 4.39 Å². The molecule has 0 radical (unpaired) electrons. The van der Waals surface area contributed by atoms with Crippen LogP contribution in [0.1, 0.15) is 11.9 Å². The lowest BCUT2D eigenvalue weighted by Crippen LogP contribution is -2.62. The summed E-state index contributed by atoms with van der Waals surface area (Å²) in [5.74, 6) is 0.0824. The van der Waals surface area contributed by atoms with Gasteiger partial charge in [0.2, 0.25) is 0 Å². The summed E-state index contributed by atoms with van der Waals surface area (Å²) in [5.41, 5.74) is 0.234. The van der Waals surface area contributed by atoms with Gasteiger partial charge in [-0.2, -0.15) is 0 Å². The molecule has 4 heterocycles. The fraction of sp³-hybridized carbons (Fsp3) is 0.467. The molecule has 0 spiro atoms. The molecule has 4 nitrogen and oxygen atoms in total. The number of aliphatic hydroxyl groups is 1. The SMILES string of the molecule is OC(c1cc2cccc(F)c2o1)C1CN2CCN1CC2. The first-order valence-corrected chi connectivity index (χ1v) is 7.05. The first-order chi connectivity index (χ1) is 9.72. The third-order valence-corrected chi connectivity index (χ3v) is 4.49. The smallest absolute Gasteiger partial charge is 0.170 e. The minimum atomic E-state index is -0.704. The lowest BCUT2D eigenvalue weighted by Gasteiger charge is -2.48. The number of nitrogens with zero attached hydrogens (tertiary/aromatic N) is 2. The number of hydrogen-bond donors (Lipinski definition) is 1. The molecule has 2 atom stereocenters. The number of benzene rings is 1. The van der Waals surface area contributed by atoms with Gasteiger partial charge in [0, 0.05) is 38.1 Å². The van der Waals surface area contributed by atoms with Gasteiger partial charge in [-0.3, -0.25) is 9.80 Å². The van der Waals surface area contributed by atoms with Crippen LogP contribution in [0.25, 0.3) is 11.0 Å². The molecule has 0 aliphatic carbocycles. The van der Waals surface area contributed by atoms with Crippen LogP contribution in [0.2, 0.25) is 0 Å². The van der Waals surface area contributed by atoms with E-state index >= 15 is 0 Å². The zero-order valence-electron chi connectivity index (χ0n) is 11.1. The predicted molar refractivity (Wildman–Crippen MR) is 72.9 cm³/mol. The summed E-state index contributed by atoms with van der Waals surface area (Å²) in [4.78, 5) is 4.66. The summed E-state index contributed by atoms with van der Waals surface area (Å²) in [7, 11) is 0. The van der Waals surface area contributed by atoms with Gasteiger partial charge in [0.15, 0.2) is 11.4 Å². The van der Waals surface area contributed by atoms with Crippen molar-refractivity contribution in [2.24, 2.45) is 0 Å². The van der Waals surface area contributed by atoms with E-state index in [4.69, 9.17) is 4.42 Å². The van der Waals surface area contributed by atoms with Crippen molar-refractivity contribution in [1.29, 1.82) is 0 Å². The van der Waals surface area contributed by atoms with Crippen molar-refractivity contribution in [2.45, 2.75) is 12.1 Å². The van der Waals surface area contributed by atoms with Crippen molar-refractivity contribution >= 4 is 11.0 Å². The Kier molecular flexibility index (Phi) is 2.80. The molecular formula is C15H17FN2O2. The molecule has 1 aromatic heterocycles. The second-order valence-electron chi connectivity index (χ2n) is 5.66. The Labute approximate surface area is 116 Å². The number of halogens is 1. The Morgan fingerprint density at radius 2 is 2.05 bits per heavy atom. The maximum Gasteiger partial charge on any atom is 0.170 e. The van der Waals surface area contributed by atoms with Crippen LogP contribution in [-0.4, -0.2) is 53.7 Å². The van der Waals surface area contributed by atoms with Gasteiger partial charge >= 0.3 is 0 Å². The molecule has 106 valence electrons. The van der Waals surface area contributed by atoms with E-state index in [2.05, 4.69) is 9.80 Å². The average molecular weight is 276 g/mol. The predicted octanol–water partition coefficient (Wildman–Crippen LogP) is 1.61. The molecule has 2 aromatic rings. The van der Waals surface area contributed by atoms with E-state index in [1.807, 2.05) is 0 Å². The maximum absolute atomic E-state index is 13.7. The monoisotopic (exact) mass is 276 g/mol. The van der Waals surface area contributed by atoms with Gasteiger partial charge in [0.05, 0.1) is 6.04 Å². The van der Waals surface area contributed by atoms with Gasteiger partial charge in [0.25, 0.3) is 0 Å². The molecule has 0 amide bonds. The van der Waals surface area contributed by atoms with E-state index in [9.17, 15) is 9.50 Å². The fourth-order valence-corrected chi connectivity index (χ4v) is 3.34. The number of aliphatic hydroxyl groups excluding tert-OH is 1. The van der Waals surface area contributed by atoms with Crippen LogP contribution in [-0.2, 0) is 0 Å². The van der Waals surface area contributed by atoms with E-state index in [1.165, 1.54) is 6.07 Å². The normalized spacial score (nSPS) is 30.8. The second kappa shape index (κ2) is 4.55. The molecule has 3 saturated heterocycles. The molecule has 1 aromatic carbocycles. The van der Waals surface area contributed by atoms with Crippen molar-refractivity contribution in [3.05, 3.63) is 35.8 Å². The zero-order chi connectivity index (χ0) is 13.7. The quantitative estimate of drug-likeness (QED) is 0.904. The number of furan rings is 1. The summed E-state index contributed by atoms with van der Waals surface area (Å²) in [6.45, 7) is 4.95. The molecule has 20 heavy (non-hydrogen) atoms. The molecule has 3 fully saturated rings. The van der Waals surface area contributed by atoms with E-state index in [0.717, 1.165) is 32.7 Å². The van der Waals surface area contributed by atoms with Gasteiger partial charge in [-0.15, -0.1) is 0 Å². The largest absolute Gasteiger partial charge is 0.455 e. The molecule has 2 unspecified atom stereocenters. The molecule has 2 bridgehead atoms. The number of fused-ring (bicyclic) bond motifs is 4. The lowest BCUT2D eigenvalue weighted by molar-refractivity contribution is -0.0528. The van der Waals surface area contributed by atoms with Gasteiger partial charge < -0.3 is 9.52 Å². The highest BCUT2D eigenvalue weighted by Gasteiger charge is 2.37. The van der Waals surface area contributed by atoms with Crippen LogP contribution in [0.4, 0.5) is 4.39 Å². The Bertz CT molecular complexity index is 634. The summed E-state index contributed by atoms with van der Waals surface area (Å²) < 4.78 is 19.2. The minimum Gasteiger partial charge on any atom is -0.455 e. The Morgan fingerprint density at radius 1 is 1.25 bits per heavy atom. The first kappa shape index (κ1) is 12.3. The van der Waals surface area contributed by atoms with Crippen molar-refractivity contribution in [2.75, 3.05) is 32.7 Å². The summed E-state index contributed by atoms with van der Waals surface area (Å²) in [5, 5.41) is 11.3. The molecule has 3 aliphatic rings. The number of piperazine rings is 3. The highest BCUT2D eigenvalue weighted by molar-refractivity contribution is 5.78. The van der Waals surface area contributed by atoms with E-state index < -0.39 is 6.10 Å². The molecule has 5 heteroatoms. The fourth-order valence-electron chi connectivity index (χ4n) is 3.34. The standard InChI is InChI=1S/C15H17FN2O2/c16-11-3-1-2-10-8-13(20-15(10)11)14(19)12-9-17-4-6-18(12)7-5-17/h1-3,8,12,14,19H,4-7,9H2. The third kappa shape index (κ3) is 1.85. The minimum absolute atomic E-state index is 0.0427. The topological polar surface area (TPSA) is 39.9 Å². The summed E-state index contributed by atoms with van der Waals surface area (Å²) in [6.07, 6.45) is -0.704. The summed E-state index contributed by atoms with van der Waals surface area (Å²) >= 11 is 0. The maximum atomic E-state index is 13.7. The van der Waals surface area contributed by atoms with Crippen LogP contribution >= 0.6 is 0 Å². The van der Waals surface area contributed by atoms with Gasteiger partial charge in [-0.05, 0) is 12.1 Å². The number of para-hydroxylation sites is 1. The van der Waals surface area contributed by atoms with Crippen molar-refractivity contribution in [3.63, 3.8) is 0 Å².